The molecular formula is C16H14N2O3. The van der Waals surface area contributed by atoms with E-state index in [2.05, 4.69) is 4.98 Å². The molecule has 0 amide bonds. The first-order valence-corrected chi connectivity index (χ1v) is 6.43. The van der Waals surface area contributed by atoms with Gasteiger partial charge in [-0.2, -0.15) is 0 Å². The molecule has 106 valence electrons. The van der Waals surface area contributed by atoms with E-state index >= 15 is 0 Å². The number of hydrogen-bond acceptors (Lipinski definition) is 4. The van der Waals surface area contributed by atoms with Crippen LogP contribution in [0.25, 0.3) is 16.7 Å². The highest BCUT2D eigenvalue weighted by Crippen LogP contribution is 2.27. The molecule has 0 fully saturated rings. The molecule has 0 aliphatic carbocycles. The summed E-state index contributed by atoms with van der Waals surface area (Å²) in [5.74, 6) is 0.191. The van der Waals surface area contributed by atoms with Gasteiger partial charge in [0.05, 0.1) is 36.5 Å². The maximum atomic E-state index is 11.6. The second-order valence-electron chi connectivity index (χ2n) is 4.48. The second-order valence-corrected chi connectivity index (χ2v) is 4.48. The minimum absolute atomic E-state index is 0.393. The molecule has 0 bridgehead atoms. The second kappa shape index (κ2) is 5.28. The highest BCUT2D eigenvalue weighted by molar-refractivity contribution is 5.90. The van der Waals surface area contributed by atoms with Gasteiger partial charge in [-0.05, 0) is 30.3 Å². The maximum Gasteiger partial charge on any atom is 0.337 e. The van der Waals surface area contributed by atoms with Gasteiger partial charge < -0.3 is 9.47 Å². The van der Waals surface area contributed by atoms with Crippen molar-refractivity contribution in [3.63, 3.8) is 0 Å². The van der Waals surface area contributed by atoms with Crippen LogP contribution in [0.2, 0.25) is 0 Å². The van der Waals surface area contributed by atoms with Crippen LogP contribution >= 0.6 is 0 Å². The Balaban J connectivity index is 2.16. The average Bonchev–Trinajstić information content (AvgIpc) is 2.97. The Morgan fingerprint density at radius 1 is 1.14 bits per heavy atom. The topological polar surface area (TPSA) is 53.4 Å². The van der Waals surface area contributed by atoms with Gasteiger partial charge in [0.1, 0.15) is 12.1 Å². The van der Waals surface area contributed by atoms with Crippen molar-refractivity contribution in [2.45, 2.75) is 0 Å². The monoisotopic (exact) mass is 282 g/mol. The van der Waals surface area contributed by atoms with Gasteiger partial charge in [0.2, 0.25) is 0 Å². The SMILES string of the molecule is COC(=O)c1ccc(-n2cnc3ccccc32)c(OC)c1. The Bertz CT molecular complexity index is 808. The summed E-state index contributed by atoms with van der Waals surface area (Å²) in [6.07, 6.45) is 1.74. The molecule has 0 unspecified atom stereocenters. The van der Waals surface area contributed by atoms with Crippen LogP contribution in [0, 0.1) is 0 Å². The van der Waals surface area contributed by atoms with Crippen LogP contribution in [0.1, 0.15) is 10.4 Å². The lowest BCUT2D eigenvalue weighted by molar-refractivity contribution is 0.0600. The third kappa shape index (κ3) is 2.23. The van der Waals surface area contributed by atoms with Crippen LogP contribution < -0.4 is 4.74 Å². The zero-order valence-corrected chi connectivity index (χ0v) is 11.7. The van der Waals surface area contributed by atoms with E-state index in [4.69, 9.17) is 9.47 Å². The van der Waals surface area contributed by atoms with Crippen LogP contribution in [0.4, 0.5) is 0 Å². The Morgan fingerprint density at radius 3 is 2.71 bits per heavy atom. The van der Waals surface area contributed by atoms with Crippen LogP contribution in [0.5, 0.6) is 5.75 Å². The van der Waals surface area contributed by atoms with Gasteiger partial charge in [-0.15, -0.1) is 0 Å². The smallest absolute Gasteiger partial charge is 0.337 e. The zero-order valence-electron chi connectivity index (χ0n) is 11.7. The number of para-hydroxylation sites is 2. The van der Waals surface area contributed by atoms with Crippen molar-refractivity contribution in [3.8, 4) is 11.4 Å². The minimum Gasteiger partial charge on any atom is -0.495 e. The molecule has 0 N–H and O–H groups in total. The van der Waals surface area contributed by atoms with Crippen molar-refractivity contribution >= 4 is 17.0 Å². The van der Waals surface area contributed by atoms with E-state index in [9.17, 15) is 4.79 Å². The van der Waals surface area contributed by atoms with Gasteiger partial charge in [0.25, 0.3) is 0 Å². The number of imidazole rings is 1. The van der Waals surface area contributed by atoms with Gasteiger partial charge in [0.15, 0.2) is 0 Å². The Labute approximate surface area is 121 Å². The standard InChI is InChI=1S/C16H14N2O3/c1-20-15-9-11(16(19)21-2)7-8-14(15)18-10-17-12-5-3-4-6-13(12)18/h3-10H,1-2H3. The van der Waals surface area contributed by atoms with E-state index in [1.54, 1.807) is 25.6 Å². The molecule has 0 saturated carbocycles. The van der Waals surface area contributed by atoms with Gasteiger partial charge >= 0.3 is 5.97 Å². The number of carbonyl (C=O) groups excluding carboxylic acids is 1. The lowest BCUT2D eigenvalue weighted by Gasteiger charge is -2.11. The molecule has 0 aliphatic heterocycles. The zero-order chi connectivity index (χ0) is 14.8. The van der Waals surface area contributed by atoms with E-state index in [0.29, 0.717) is 11.3 Å². The van der Waals surface area contributed by atoms with Crippen LogP contribution in [0.3, 0.4) is 0 Å². The molecule has 0 saturated heterocycles. The maximum absolute atomic E-state index is 11.6. The molecule has 3 aromatic rings. The number of ether oxygens (including phenoxy) is 2. The fourth-order valence-corrected chi connectivity index (χ4v) is 2.27. The number of nitrogens with zero attached hydrogens (tertiary/aromatic N) is 2. The number of fused-ring (bicyclic) bond motifs is 1. The number of methoxy groups -OCH3 is 2. The van der Waals surface area contributed by atoms with Crippen molar-refractivity contribution in [1.29, 1.82) is 0 Å². The van der Waals surface area contributed by atoms with Crippen molar-refractivity contribution in [2.75, 3.05) is 14.2 Å². The summed E-state index contributed by atoms with van der Waals surface area (Å²) in [6.45, 7) is 0. The molecule has 0 spiro atoms. The molecule has 1 heterocycles. The summed E-state index contributed by atoms with van der Waals surface area (Å²) in [7, 11) is 2.92. The number of benzene rings is 2. The van der Waals surface area contributed by atoms with Gasteiger partial charge in [-0.1, -0.05) is 12.1 Å². The molecule has 5 nitrogen and oxygen atoms in total. The van der Waals surface area contributed by atoms with Crippen LogP contribution in [-0.4, -0.2) is 29.7 Å². The van der Waals surface area contributed by atoms with Crippen molar-refractivity contribution in [2.24, 2.45) is 0 Å². The van der Waals surface area contributed by atoms with Crippen molar-refractivity contribution < 1.29 is 14.3 Å². The first kappa shape index (κ1) is 13.2. The first-order chi connectivity index (χ1) is 10.2. The largest absolute Gasteiger partial charge is 0.495 e. The average molecular weight is 282 g/mol. The van der Waals surface area contributed by atoms with E-state index in [1.807, 2.05) is 34.9 Å². The predicted octanol–water partition coefficient (Wildman–Crippen LogP) is 2.82. The van der Waals surface area contributed by atoms with Crippen molar-refractivity contribution in [3.05, 3.63) is 54.4 Å². The predicted molar refractivity (Wildman–Crippen MR) is 79.0 cm³/mol. The molecule has 3 rings (SSSR count). The Morgan fingerprint density at radius 2 is 1.95 bits per heavy atom. The number of hydrogen-bond donors (Lipinski definition) is 0. The molecule has 2 aromatic carbocycles. The number of carbonyl (C=O) groups is 1. The summed E-state index contributed by atoms with van der Waals surface area (Å²) in [5, 5.41) is 0. The number of rotatable bonds is 3. The fraction of sp³-hybridized carbons (Fsp3) is 0.125. The summed E-state index contributed by atoms with van der Waals surface area (Å²) in [5.41, 5.74) is 3.14. The van der Waals surface area contributed by atoms with E-state index < -0.39 is 5.97 Å². The molecular weight excluding hydrogens is 268 g/mol. The van der Waals surface area contributed by atoms with Crippen molar-refractivity contribution in [1.82, 2.24) is 9.55 Å². The van der Waals surface area contributed by atoms with Crippen LogP contribution in [0.15, 0.2) is 48.8 Å². The molecule has 0 radical (unpaired) electrons. The first-order valence-electron chi connectivity index (χ1n) is 6.43. The highest BCUT2D eigenvalue weighted by Gasteiger charge is 2.13. The lowest BCUT2D eigenvalue weighted by atomic mass is 10.2. The highest BCUT2D eigenvalue weighted by atomic mass is 16.5. The molecule has 21 heavy (non-hydrogen) atoms. The van der Waals surface area contributed by atoms with Gasteiger partial charge in [-0.3, -0.25) is 4.57 Å². The van der Waals surface area contributed by atoms with Gasteiger partial charge in [-0.25, -0.2) is 9.78 Å². The molecule has 0 atom stereocenters. The van der Waals surface area contributed by atoms with E-state index in [1.165, 1.54) is 7.11 Å². The number of esters is 1. The quantitative estimate of drug-likeness (QED) is 0.693. The third-order valence-electron chi connectivity index (χ3n) is 3.31. The summed E-state index contributed by atoms with van der Waals surface area (Å²) < 4.78 is 12.0. The van der Waals surface area contributed by atoms with Crippen LogP contribution in [-0.2, 0) is 4.74 Å². The Kier molecular flexibility index (Phi) is 3.31. The van der Waals surface area contributed by atoms with Gasteiger partial charge in [0, 0.05) is 0 Å². The summed E-state index contributed by atoms with van der Waals surface area (Å²) in [6, 6.07) is 13.0. The Hall–Kier alpha value is -2.82. The van der Waals surface area contributed by atoms with E-state index in [0.717, 1.165) is 16.7 Å². The molecule has 5 heteroatoms. The fourth-order valence-electron chi connectivity index (χ4n) is 2.27. The molecule has 1 aromatic heterocycles. The third-order valence-corrected chi connectivity index (χ3v) is 3.31. The normalized spacial score (nSPS) is 10.6. The number of aromatic nitrogens is 2. The summed E-state index contributed by atoms with van der Waals surface area (Å²) >= 11 is 0. The lowest BCUT2D eigenvalue weighted by Crippen LogP contribution is -2.03. The van der Waals surface area contributed by atoms with E-state index in [-0.39, 0.29) is 0 Å². The molecule has 0 aliphatic rings. The summed E-state index contributed by atoms with van der Waals surface area (Å²) in [4.78, 5) is 16.0. The minimum atomic E-state index is -0.393.